The van der Waals surface area contributed by atoms with Crippen molar-refractivity contribution in [2.75, 3.05) is 19.0 Å². The molecule has 1 aliphatic heterocycles. The Hall–Kier alpha value is -3.65. The number of benzene rings is 1. The van der Waals surface area contributed by atoms with Gasteiger partial charge in [0, 0.05) is 19.7 Å². The summed E-state index contributed by atoms with van der Waals surface area (Å²) in [5.74, 6) is 1.14. The molecule has 4 aromatic rings. The molecule has 0 saturated carbocycles. The average Bonchev–Trinajstić information content (AvgIpc) is 3.29. The van der Waals surface area contributed by atoms with Gasteiger partial charge in [-0.2, -0.15) is 0 Å². The first-order chi connectivity index (χ1) is 16.5. The van der Waals surface area contributed by atoms with Crippen LogP contribution >= 0.6 is 11.6 Å². The van der Waals surface area contributed by atoms with Gasteiger partial charge in [-0.15, -0.1) is 0 Å². The van der Waals surface area contributed by atoms with E-state index in [-0.39, 0.29) is 11.9 Å². The number of nitrogens with one attached hydrogen (secondary N) is 1. The third-order valence-electron chi connectivity index (χ3n) is 6.17. The van der Waals surface area contributed by atoms with Crippen molar-refractivity contribution in [2.24, 2.45) is 0 Å². The molecule has 0 radical (unpaired) electrons. The monoisotopic (exact) mass is 476 g/mol. The Morgan fingerprint density at radius 3 is 2.88 bits per heavy atom. The van der Waals surface area contributed by atoms with E-state index in [1.165, 1.54) is 0 Å². The van der Waals surface area contributed by atoms with E-state index < -0.39 is 0 Å². The van der Waals surface area contributed by atoms with Crippen LogP contribution in [0.15, 0.2) is 55.0 Å². The second kappa shape index (κ2) is 9.30. The molecule has 4 heterocycles. The van der Waals surface area contributed by atoms with Crippen LogP contribution in [0.4, 0.5) is 11.6 Å². The normalized spacial score (nSPS) is 16.0. The van der Waals surface area contributed by atoms with E-state index in [9.17, 15) is 4.79 Å². The van der Waals surface area contributed by atoms with Crippen LogP contribution in [0.1, 0.15) is 37.8 Å². The number of hydrogen-bond donors (Lipinski definition) is 1. The van der Waals surface area contributed by atoms with Gasteiger partial charge in [0.05, 0.1) is 41.9 Å². The molecule has 1 aromatic carbocycles. The second-order valence-electron chi connectivity index (χ2n) is 8.27. The number of nitrogens with zero attached hydrogens (tertiary/aromatic N) is 5. The van der Waals surface area contributed by atoms with Crippen molar-refractivity contribution >= 4 is 34.8 Å². The van der Waals surface area contributed by atoms with E-state index in [1.807, 2.05) is 51.9 Å². The number of anilines is 2. The molecule has 1 atom stereocenters. The number of pyridine rings is 1. The Morgan fingerprint density at radius 1 is 1.18 bits per heavy atom. The second-order valence-corrected chi connectivity index (χ2v) is 8.68. The molecule has 0 aliphatic carbocycles. The number of aromatic nitrogens is 4. The fourth-order valence-electron chi connectivity index (χ4n) is 4.51. The molecule has 1 amide bonds. The maximum absolute atomic E-state index is 12.1. The number of piperidine rings is 1. The Kier molecular flexibility index (Phi) is 6.06. The summed E-state index contributed by atoms with van der Waals surface area (Å²) < 4.78 is 7.60. The summed E-state index contributed by atoms with van der Waals surface area (Å²) in [7, 11) is 1.63. The topological polar surface area (TPSA) is 84.6 Å². The molecule has 1 aliphatic rings. The van der Waals surface area contributed by atoms with E-state index in [2.05, 4.69) is 20.3 Å². The molecular formula is C25H25ClN6O2. The van der Waals surface area contributed by atoms with Crippen molar-refractivity contribution < 1.29 is 9.53 Å². The van der Waals surface area contributed by atoms with Crippen molar-refractivity contribution in [3.8, 4) is 17.1 Å². The van der Waals surface area contributed by atoms with Crippen LogP contribution in [0.2, 0.25) is 5.02 Å². The van der Waals surface area contributed by atoms with Gasteiger partial charge in [0.15, 0.2) is 0 Å². The number of methoxy groups -OCH3 is 1. The summed E-state index contributed by atoms with van der Waals surface area (Å²) in [6, 6.07) is 11.8. The highest BCUT2D eigenvalue weighted by Crippen LogP contribution is 2.36. The predicted octanol–water partition coefficient (Wildman–Crippen LogP) is 5.27. The number of likely N-dealkylation sites (tertiary alicyclic amines) is 1. The highest BCUT2D eigenvalue weighted by molar-refractivity contribution is 6.32. The first-order valence-corrected chi connectivity index (χ1v) is 11.6. The first kappa shape index (κ1) is 22.2. The highest BCUT2D eigenvalue weighted by Gasteiger charge is 2.26. The van der Waals surface area contributed by atoms with Crippen LogP contribution in [0.3, 0.4) is 0 Å². The number of carbonyl (C=O) groups is 1. The van der Waals surface area contributed by atoms with Crippen LogP contribution in [0.25, 0.3) is 17.0 Å². The fourth-order valence-corrected chi connectivity index (χ4v) is 4.70. The number of halogens is 1. The van der Waals surface area contributed by atoms with Gasteiger partial charge in [-0.3, -0.25) is 9.20 Å². The minimum Gasteiger partial charge on any atom is -0.495 e. The zero-order chi connectivity index (χ0) is 23.7. The summed E-state index contributed by atoms with van der Waals surface area (Å²) in [6.45, 7) is 2.41. The lowest BCUT2D eigenvalue weighted by Gasteiger charge is -2.35. The predicted molar refractivity (Wildman–Crippen MR) is 131 cm³/mol. The molecule has 1 N–H and O–H groups in total. The first-order valence-electron chi connectivity index (χ1n) is 11.2. The Labute approximate surface area is 202 Å². The zero-order valence-corrected chi connectivity index (χ0v) is 19.8. The smallest absolute Gasteiger partial charge is 0.227 e. The van der Waals surface area contributed by atoms with Gasteiger partial charge < -0.3 is 15.0 Å². The molecule has 8 nitrogen and oxygen atoms in total. The number of imidazole rings is 1. The quantitative estimate of drug-likeness (QED) is 0.422. The van der Waals surface area contributed by atoms with Gasteiger partial charge in [-0.1, -0.05) is 23.7 Å². The Morgan fingerprint density at radius 2 is 2.06 bits per heavy atom. The summed E-state index contributed by atoms with van der Waals surface area (Å²) in [5.41, 5.74) is 3.94. The molecule has 174 valence electrons. The highest BCUT2D eigenvalue weighted by atomic mass is 35.5. The molecule has 1 saturated heterocycles. The SMILES string of the molecule is COc1cc(C2CCCCN2C(C)=O)ccc1Nc1ncc(Cl)c(-c2cnc3ccccn23)n1. The summed E-state index contributed by atoms with van der Waals surface area (Å²) >= 11 is 6.44. The molecule has 1 unspecified atom stereocenters. The molecule has 0 spiro atoms. The van der Waals surface area contributed by atoms with Gasteiger partial charge in [-0.05, 0) is 49.1 Å². The Balaban J connectivity index is 1.45. The van der Waals surface area contributed by atoms with E-state index in [0.29, 0.717) is 22.4 Å². The fraction of sp³-hybridized carbons (Fsp3) is 0.280. The maximum Gasteiger partial charge on any atom is 0.227 e. The summed E-state index contributed by atoms with van der Waals surface area (Å²) in [6.07, 6.45) is 8.31. The number of carbonyl (C=O) groups excluding carboxylic acids is 1. The third kappa shape index (κ3) is 4.17. The van der Waals surface area contributed by atoms with Crippen molar-refractivity contribution in [3.63, 3.8) is 0 Å². The molecule has 1 fully saturated rings. The molecule has 34 heavy (non-hydrogen) atoms. The average molecular weight is 477 g/mol. The molecule has 3 aromatic heterocycles. The van der Waals surface area contributed by atoms with Gasteiger partial charge in [0.1, 0.15) is 17.1 Å². The summed E-state index contributed by atoms with van der Waals surface area (Å²) in [5, 5.41) is 3.68. The number of fused-ring (bicyclic) bond motifs is 1. The van der Waals surface area contributed by atoms with Crippen molar-refractivity contribution in [1.82, 2.24) is 24.3 Å². The maximum atomic E-state index is 12.1. The van der Waals surface area contributed by atoms with Gasteiger partial charge >= 0.3 is 0 Å². The summed E-state index contributed by atoms with van der Waals surface area (Å²) in [4.78, 5) is 27.5. The van der Waals surface area contributed by atoms with Crippen LogP contribution in [0, 0.1) is 0 Å². The largest absolute Gasteiger partial charge is 0.495 e. The minimum atomic E-state index is 0.0581. The van der Waals surface area contributed by atoms with Crippen molar-refractivity contribution in [1.29, 1.82) is 0 Å². The van der Waals surface area contributed by atoms with Crippen LogP contribution in [-0.4, -0.2) is 43.8 Å². The number of hydrogen-bond acceptors (Lipinski definition) is 6. The van der Waals surface area contributed by atoms with E-state index in [0.717, 1.165) is 48.4 Å². The zero-order valence-electron chi connectivity index (χ0n) is 19.0. The minimum absolute atomic E-state index is 0.0581. The van der Waals surface area contributed by atoms with Crippen molar-refractivity contribution in [2.45, 2.75) is 32.2 Å². The van der Waals surface area contributed by atoms with Crippen LogP contribution in [-0.2, 0) is 4.79 Å². The molecule has 5 rings (SSSR count). The van der Waals surface area contributed by atoms with Gasteiger partial charge in [0.2, 0.25) is 11.9 Å². The van der Waals surface area contributed by atoms with E-state index >= 15 is 0 Å². The van der Waals surface area contributed by atoms with Gasteiger partial charge in [0.25, 0.3) is 0 Å². The lowest BCUT2D eigenvalue weighted by atomic mass is 9.94. The molecule has 0 bridgehead atoms. The standard InChI is InChI=1S/C25H25ClN6O2/c1-16(33)31-11-5-3-7-20(31)17-9-10-19(22(13-17)34-2)29-25-28-14-18(26)24(30-25)21-15-27-23-8-4-6-12-32(21)23/h4,6,8-10,12-15,20H,3,5,7,11H2,1-2H3,(H,28,29,30). The number of ether oxygens (including phenoxy) is 1. The van der Waals surface area contributed by atoms with Crippen LogP contribution < -0.4 is 10.1 Å². The molecular weight excluding hydrogens is 452 g/mol. The lowest BCUT2D eigenvalue weighted by Crippen LogP contribution is -2.36. The van der Waals surface area contributed by atoms with Crippen molar-refractivity contribution in [3.05, 3.63) is 65.6 Å². The number of amides is 1. The van der Waals surface area contributed by atoms with Crippen LogP contribution in [0.5, 0.6) is 5.75 Å². The van der Waals surface area contributed by atoms with E-state index in [1.54, 1.807) is 26.4 Å². The third-order valence-corrected chi connectivity index (χ3v) is 6.44. The lowest BCUT2D eigenvalue weighted by molar-refractivity contribution is -0.132. The Bertz CT molecular complexity index is 1350. The number of rotatable bonds is 5. The van der Waals surface area contributed by atoms with Gasteiger partial charge in [-0.25, -0.2) is 15.0 Å². The van der Waals surface area contributed by atoms with E-state index in [4.69, 9.17) is 16.3 Å². The molecule has 9 heteroatoms.